The van der Waals surface area contributed by atoms with Gasteiger partial charge in [0.2, 0.25) is 0 Å². The van der Waals surface area contributed by atoms with E-state index in [2.05, 4.69) is 15.6 Å². The lowest BCUT2D eigenvalue weighted by Crippen LogP contribution is -2.39. The van der Waals surface area contributed by atoms with Gasteiger partial charge in [0.1, 0.15) is 5.82 Å². The lowest BCUT2D eigenvalue weighted by molar-refractivity contribution is 0.0691. The van der Waals surface area contributed by atoms with Crippen molar-refractivity contribution in [2.45, 2.75) is 18.9 Å². The SMILES string of the molecule is O=C(c1ccccc1F)N1CCC(n2cnc3ccccc32)CC1. The molecule has 0 spiro atoms. The van der Waals surface area contributed by atoms with Gasteiger partial charge in [0.05, 0.1) is 22.9 Å². The van der Waals surface area contributed by atoms with Crippen LogP contribution in [0.5, 0.6) is 0 Å². The largest absolute Gasteiger partial charge is 0.338 e. The molecule has 0 radical (unpaired) electrons. The number of carbonyl (C=O) groups is 1. The minimum Gasteiger partial charge on any atom is -0.338 e. The fraction of sp³-hybridized carbons (Fsp3) is 0.263. The van der Waals surface area contributed by atoms with Gasteiger partial charge >= 0.3 is 0 Å². The van der Waals surface area contributed by atoms with Crippen LogP contribution in [0.1, 0.15) is 29.2 Å². The fourth-order valence-corrected chi connectivity index (χ4v) is 3.42. The number of halogens is 1. The summed E-state index contributed by atoms with van der Waals surface area (Å²) in [7, 11) is 0. The highest BCUT2D eigenvalue weighted by Crippen LogP contribution is 2.27. The van der Waals surface area contributed by atoms with E-state index in [1.165, 1.54) is 6.07 Å². The molecule has 1 amide bonds. The van der Waals surface area contributed by atoms with Crippen LogP contribution in [0.25, 0.3) is 11.0 Å². The molecule has 5 heteroatoms. The topological polar surface area (TPSA) is 38.1 Å². The number of hydrogen-bond donors (Lipinski definition) is 0. The molecule has 0 unspecified atom stereocenters. The second-order valence-electron chi connectivity index (χ2n) is 6.14. The van der Waals surface area contributed by atoms with Gasteiger partial charge in [0.25, 0.3) is 5.91 Å². The Kier molecular flexibility index (Phi) is 3.76. The maximum atomic E-state index is 13.8. The van der Waals surface area contributed by atoms with Gasteiger partial charge in [-0.3, -0.25) is 4.79 Å². The van der Waals surface area contributed by atoms with E-state index in [-0.39, 0.29) is 11.5 Å². The van der Waals surface area contributed by atoms with Crippen LogP contribution in [0.4, 0.5) is 4.39 Å². The number of para-hydroxylation sites is 2. The molecule has 0 N–H and O–H groups in total. The summed E-state index contributed by atoms with van der Waals surface area (Å²) in [5, 5.41) is 0. The molecular formula is C19H18FN3O. The molecule has 0 bridgehead atoms. The average Bonchev–Trinajstić information content (AvgIpc) is 3.06. The normalized spacial score (nSPS) is 15.8. The third-order valence-corrected chi connectivity index (χ3v) is 4.73. The summed E-state index contributed by atoms with van der Waals surface area (Å²) in [6, 6.07) is 14.6. The number of hydrogen-bond acceptors (Lipinski definition) is 2. The first-order valence-corrected chi connectivity index (χ1v) is 8.19. The molecule has 1 aromatic heterocycles. The number of aromatic nitrogens is 2. The number of nitrogens with zero attached hydrogens (tertiary/aromatic N) is 3. The van der Waals surface area contributed by atoms with Gasteiger partial charge in [-0.05, 0) is 37.1 Å². The molecule has 1 saturated heterocycles. The van der Waals surface area contributed by atoms with Crippen molar-refractivity contribution in [3.05, 3.63) is 66.2 Å². The van der Waals surface area contributed by atoms with Gasteiger partial charge < -0.3 is 9.47 Å². The van der Waals surface area contributed by atoms with Gasteiger partial charge in [-0.2, -0.15) is 0 Å². The van der Waals surface area contributed by atoms with E-state index in [0.29, 0.717) is 19.1 Å². The van der Waals surface area contributed by atoms with Crippen LogP contribution in [0, 0.1) is 5.82 Å². The summed E-state index contributed by atoms with van der Waals surface area (Å²) in [6.45, 7) is 1.26. The van der Waals surface area contributed by atoms with Crippen LogP contribution in [0.3, 0.4) is 0 Å². The molecule has 2 aromatic carbocycles. The molecule has 4 rings (SSSR count). The van der Waals surface area contributed by atoms with Crippen LogP contribution in [0.15, 0.2) is 54.9 Å². The Labute approximate surface area is 139 Å². The second kappa shape index (κ2) is 6.07. The lowest BCUT2D eigenvalue weighted by atomic mass is 10.0. The summed E-state index contributed by atoms with van der Waals surface area (Å²) in [5.41, 5.74) is 2.27. The summed E-state index contributed by atoms with van der Waals surface area (Å²) >= 11 is 0. The number of likely N-dealkylation sites (tertiary alicyclic amines) is 1. The highest BCUT2D eigenvalue weighted by molar-refractivity contribution is 5.94. The first-order chi connectivity index (χ1) is 11.7. The predicted molar refractivity (Wildman–Crippen MR) is 90.3 cm³/mol. The zero-order valence-corrected chi connectivity index (χ0v) is 13.2. The summed E-state index contributed by atoms with van der Waals surface area (Å²) < 4.78 is 16.0. The van der Waals surface area contributed by atoms with E-state index in [1.54, 1.807) is 23.1 Å². The molecule has 0 atom stereocenters. The molecule has 3 aromatic rings. The summed E-state index contributed by atoms with van der Waals surface area (Å²) in [5.74, 6) is -0.674. The maximum absolute atomic E-state index is 13.8. The van der Waals surface area contributed by atoms with Crippen molar-refractivity contribution in [3.8, 4) is 0 Å². The summed E-state index contributed by atoms with van der Waals surface area (Å²) in [4.78, 5) is 18.7. The number of imidazole rings is 1. The van der Waals surface area contributed by atoms with Crippen LogP contribution >= 0.6 is 0 Å². The molecule has 1 fully saturated rings. The number of benzene rings is 2. The number of amides is 1. The van der Waals surface area contributed by atoms with Crippen LogP contribution < -0.4 is 0 Å². The minimum absolute atomic E-state index is 0.157. The molecule has 0 saturated carbocycles. The Morgan fingerprint density at radius 2 is 1.75 bits per heavy atom. The monoisotopic (exact) mass is 323 g/mol. The van der Waals surface area contributed by atoms with E-state index >= 15 is 0 Å². The number of piperidine rings is 1. The third kappa shape index (κ3) is 2.56. The Morgan fingerprint density at radius 3 is 2.54 bits per heavy atom. The number of rotatable bonds is 2. The van der Waals surface area contributed by atoms with E-state index in [9.17, 15) is 9.18 Å². The van der Waals surface area contributed by atoms with E-state index in [0.717, 1.165) is 23.9 Å². The molecule has 1 aliphatic rings. The van der Waals surface area contributed by atoms with Crippen LogP contribution in [-0.2, 0) is 0 Å². The highest BCUT2D eigenvalue weighted by atomic mass is 19.1. The van der Waals surface area contributed by atoms with Gasteiger partial charge in [-0.15, -0.1) is 0 Å². The minimum atomic E-state index is -0.453. The Balaban J connectivity index is 1.49. The molecular weight excluding hydrogens is 305 g/mol. The first kappa shape index (κ1) is 14.9. The van der Waals surface area contributed by atoms with Gasteiger partial charge in [-0.1, -0.05) is 24.3 Å². The molecule has 122 valence electrons. The van der Waals surface area contributed by atoms with E-state index < -0.39 is 5.82 Å². The second-order valence-corrected chi connectivity index (χ2v) is 6.14. The first-order valence-electron chi connectivity index (χ1n) is 8.19. The molecule has 1 aliphatic heterocycles. The van der Waals surface area contributed by atoms with Crippen molar-refractivity contribution in [2.75, 3.05) is 13.1 Å². The average molecular weight is 323 g/mol. The summed E-state index contributed by atoms with van der Waals surface area (Å²) in [6.07, 6.45) is 3.57. The quantitative estimate of drug-likeness (QED) is 0.722. The van der Waals surface area contributed by atoms with Crippen molar-refractivity contribution in [1.29, 1.82) is 0 Å². The highest BCUT2D eigenvalue weighted by Gasteiger charge is 2.26. The van der Waals surface area contributed by atoms with Crippen molar-refractivity contribution in [1.82, 2.24) is 14.5 Å². The molecule has 4 nitrogen and oxygen atoms in total. The van der Waals surface area contributed by atoms with Crippen molar-refractivity contribution in [3.63, 3.8) is 0 Å². The third-order valence-electron chi connectivity index (χ3n) is 4.73. The molecule has 2 heterocycles. The van der Waals surface area contributed by atoms with Gasteiger partial charge in [-0.25, -0.2) is 9.37 Å². The number of fused-ring (bicyclic) bond motifs is 1. The van der Waals surface area contributed by atoms with Gasteiger partial charge in [0.15, 0.2) is 0 Å². The van der Waals surface area contributed by atoms with Crippen molar-refractivity contribution >= 4 is 16.9 Å². The van der Waals surface area contributed by atoms with Crippen LogP contribution in [-0.4, -0.2) is 33.4 Å². The predicted octanol–water partition coefficient (Wildman–Crippen LogP) is 3.65. The van der Waals surface area contributed by atoms with E-state index in [4.69, 9.17) is 0 Å². The smallest absolute Gasteiger partial charge is 0.256 e. The maximum Gasteiger partial charge on any atom is 0.256 e. The number of carbonyl (C=O) groups excluding carboxylic acids is 1. The van der Waals surface area contributed by atoms with E-state index in [1.807, 2.05) is 24.5 Å². The molecule has 0 aliphatic carbocycles. The van der Waals surface area contributed by atoms with Gasteiger partial charge in [0, 0.05) is 19.1 Å². The standard InChI is InChI=1S/C19H18FN3O/c20-16-6-2-1-5-15(16)19(24)22-11-9-14(10-12-22)23-13-21-17-7-3-4-8-18(17)23/h1-8,13-14H,9-12H2. The zero-order chi connectivity index (χ0) is 16.5. The molecule has 24 heavy (non-hydrogen) atoms. The zero-order valence-electron chi connectivity index (χ0n) is 13.2. The Hall–Kier alpha value is -2.69. The fourth-order valence-electron chi connectivity index (χ4n) is 3.42. The van der Waals surface area contributed by atoms with Crippen LogP contribution in [0.2, 0.25) is 0 Å². The lowest BCUT2D eigenvalue weighted by Gasteiger charge is -2.33. The van der Waals surface area contributed by atoms with Crippen molar-refractivity contribution < 1.29 is 9.18 Å². The Morgan fingerprint density at radius 1 is 1.04 bits per heavy atom. The Bertz CT molecular complexity index is 881. The van der Waals surface area contributed by atoms with Crippen molar-refractivity contribution in [2.24, 2.45) is 0 Å².